The summed E-state index contributed by atoms with van der Waals surface area (Å²) in [6.07, 6.45) is 1.24. The Morgan fingerprint density at radius 1 is 1.21 bits per heavy atom. The number of aliphatic imine (C=N–C) groups is 1. The van der Waals surface area contributed by atoms with Gasteiger partial charge in [-0.05, 0) is 36.8 Å². The molecule has 3 rings (SSSR count). The Labute approximate surface area is 139 Å². The van der Waals surface area contributed by atoms with E-state index in [1.54, 1.807) is 18.3 Å². The normalized spacial score (nSPS) is 17.4. The first-order chi connectivity index (χ1) is 11.6. The van der Waals surface area contributed by atoms with E-state index in [-0.39, 0.29) is 5.69 Å². The van der Waals surface area contributed by atoms with Gasteiger partial charge >= 0.3 is 0 Å². The molecule has 0 radical (unpaired) electrons. The molecule has 1 aliphatic rings. The number of anilines is 1. The van der Waals surface area contributed by atoms with E-state index in [9.17, 15) is 10.1 Å². The molecule has 0 fully saturated rings. The molecule has 3 N–H and O–H groups in total. The number of nitrogens with one attached hydrogen (secondary N) is 1. The van der Waals surface area contributed by atoms with Crippen molar-refractivity contribution in [3.8, 4) is 0 Å². The summed E-state index contributed by atoms with van der Waals surface area (Å²) < 4.78 is 0. The van der Waals surface area contributed by atoms with E-state index < -0.39 is 11.1 Å². The number of nitro groups is 1. The molecule has 2 aromatic carbocycles. The van der Waals surface area contributed by atoms with E-state index in [2.05, 4.69) is 10.4 Å². The molecule has 0 aromatic heterocycles. The van der Waals surface area contributed by atoms with Crippen molar-refractivity contribution in [1.82, 2.24) is 5.43 Å². The molecule has 0 aliphatic carbocycles. The zero-order valence-corrected chi connectivity index (χ0v) is 13.1. The van der Waals surface area contributed by atoms with Gasteiger partial charge in [0.15, 0.2) is 0 Å². The van der Waals surface area contributed by atoms with Crippen molar-refractivity contribution < 1.29 is 4.92 Å². The third-order valence-corrected chi connectivity index (χ3v) is 3.72. The Morgan fingerprint density at radius 3 is 2.50 bits per heavy atom. The van der Waals surface area contributed by atoms with Crippen LogP contribution in [0.25, 0.3) is 0 Å². The maximum atomic E-state index is 10.7. The van der Waals surface area contributed by atoms with E-state index in [1.807, 2.05) is 42.3 Å². The van der Waals surface area contributed by atoms with Crippen molar-refractivity contribution in [2.24, 2.45) is 10.7 Å². The molecule has 1 aliphatic heterocycles. The molecule has 1 atom stereocenters. The number of para-hydroxylation sites is 1. The lowest BCUT2D eigenvalue weighted by Crippen LogP contribution is -2.44. The highest BCUT2D eigenvalue weighted by Gasteiger charge is 2.27. The van der Waals surface area contributed by atoms with Gasteiger partial charge in [-0.3, -0.25) is 25.5 Å². The molecular weight excluding hydrogens is 306 g/mol. The molecule has 0 spiro atoms. The first kappa shape index (κ1) is 15.7. The SMILES string of the molecule is CC1=C(N=Cc2ccc([N+](=O)[O-])cc2)[C@@H](N)N(c2ccccc2)N1. The van der Waals surface area contributed by atoms with Crippen molar-refractivity contribution >= 4 is 17.6 Å². The molecule has 7 nitrogen and oxygen atoms in total. The van der Waals surface area contributed by atoms with E-state index in [1.165, 1.54) is 12.1 Å². The number of hydrogen-bond donors (Lipinski definition) is 2. The quantitative estimate of drug-likeness (QED) is 0.512. The van der Waals surface area contributed by atoms with Gasteiger partial charge in [-0.2, -0.15) is 0 Å². The number of benzene rings is 2. The van der Waals surface area contributed by atoms with Crippen molar-refractivity contribution in [3.05, 3.63) is 81.7 Å². The average Bonchev–Trinajstić information content (AvgIpc) is 2.88. The number of hydrazine groups is 1. The summed E-state index contributed by atoms with van der Waals surface area (Å²) in [4.78, 5) is 14.7. The Balaban J connectivity index is 1.77. The molecule has 24 heavy (non-hydrogen) atoms. The van der Waals surface area contributed by atoms with E-state index in [4.69, 9.17) is 5.73 Å². The minimum absolute atomic E-state index is 0.0528. The fourth-order valence-electron chi connectivity index (χ4n) is 2.46. The highest BCUT2D eigenvalue weighted by molar-refractivity contribution is 5.81. The van der Waals surface area contributed by atoms with Gasteiger partial charge in [0.05, 0.1) is 22.0 Å². The number of nitro benzene ring substituents is 1. The summed E-state index contributed by atoms with van der Waals surface area (Å²) >= 11 is 0. The lowest BCUT2D eigenvalue weighted by atomic mass is 10.2. The Morgan fingerprint density at radius 2 is 1.88 bits per heavy atom. The highest BCUT2D eigenvalue weighted by atomic mass is 16.6. The Kier molecular flexibility index (Phi) is 4.26. The zero-order chi connectivity index (χ0) is 17.1. The summed E-state index contributed by atoms with van der Waals surface area (Å²) in [5, 5.41) is 12.5. The fourth-order valence-corrected chi connectivity index (χ4v) is 2.46. The van der Waals surface area contributed by atoms with Crippen molar-refractivity contribution in [1.29, 1.82) is 0 Å². The summed E-state index contributed by atoms with van der Waals surface area (Å²) in [5.41, 5.74) is 12.8. The number of hydrogen-bond acceptors (Lipinski definition) is 6. The van der Waals surface area contributed by atoms with Crippen LogP contribution in [0.4, 0.5) is 11.4 Å². The van der Waals surface area contributed by atoms with Gasteiger partial charge in [-0.15, -0.1) is 0 Å². The van der Waals surface area contributed by atoms with E-state index >= 15 is 0 Å². The first-order valence-corrected chi connectivity index (χ1v) is 7.42. The van der Waals surface area contributed by atoms with Gasteiger partial charge in [0, 0.05) is 18.3 Å². The van der Waals surface area contributed by atoms with E-state index in [0.29, 0.717) is 0 Å². The number of non-ortho nitro benzene ring substituents is 1. The van der Waals surface area contributed by atoms with Crippen molar-refractivity contribution in [2.45, 2.75) is 13.1 Å². The second-order valence-corrected chi connectivity index (χ2v) is 5.38. The van der Waals surface area contributed by atoms with Crippen LogP contribution in [0.15, 0.2) is 71.0 Å². The van der Waals surface area contributed by atoms with E-state index in [0.717, 1.165) is 22.6 Å². The van der Waals surface area contributed by atoms with Crippen LogP contribution >= 0.6 is 0 Å². The number of nitrogens with two attached hydrogens (primary N) is 1. The largest absolute Gasteiger partial charge is 0.305 e. The summed E-state index contributed by atoms with van der Waals surface area (Å²) in [7, 11) is 0. The maximum Gasteiger partial charge on any atom is 0.269 e. The van der Waals surface area contributed by atoms with Gasteiger partial charge in [-0.1, -0.05) is 18.2 Å². The minimum atomic E-state index is -0.428. The van der Waals surface area contributed by atoms with Gasteiger partial charge in [0.1, 0.15) is 6.17 Å². The fraction of sp³-hybridized carbons (Fsp3) is 0.118. The summed E-state index contributed by atoms with van der Waals surface area (Å²) in [6, 6.07) is 16.0. The van der Waals surface area contributed by atoms with Crippen LogP contribution in [0.2, 0.25) is 0 Å². The first-order valence-electron chi connectivity index (χ1n) is 7.42. The molecule has 1 heterocycles. The maximum absolute atomic E-state index is 10.7. The van der Waals surface area contributed by atoms with Crippen LogP contribution in [0.5, 0.6) is 0 Å². The highest BCUT2D eigenvalue weighted by Crippen LogP contribution is 2.24. The molecular formula is C17H17N5O2. The zero-order valence-electron chi connectivity index (χ0n) is 13.1. The molecule has 0 amide bonds. The molecule has 0 saturated carbocycles. The topological polar surface area (TPSA) is 96.8 Å². The summed E-state index contributed by atoms with van der Waals surface area (Å²) in [6.45, 7) is 1.91. The predicted octanol–water partition coefficient (Wildman–Crippen LogP) is 2.55. The smallest absolute Gasteiger partial charge is 0.269 e. The predicted molar refractivity (Wildman–Crippen MR) is 93.4 cm³/mol. The van der Waals surface area contributed by atoms with Gasteiger partial charge < -0.3 is 5.73 Å². The monoisotopic (exact) mass is 323 g/mol. The van der Waals surface area contributed by atoms with Crippen molar-refractivity contribution in [2.75, 3.05) is 5.01 Å². The van der Waals surface area contributed by atoms with Gasteiger partial charge in [-0.25, -0.2) is 0 Å². The average molecular weight is 323 g/mol. The molecule has 0 unspecified atom stereocenters. The molecule has 2 aromatic rings. The number of allylic oxidation sites excluding steroid dienone is 1. The van der Waals surface area contributed by atoms with Crippen LogP contribution in [0.1, 0.15) is 12.5 Å². The lowest BCUT2D eigenvalue weighted by molar-refractivity contribution is -0.384. The Hall–Kier alpha value is -3.19. The molecule has 7 heteroatoms. The third-order valence-electron chi connectivity index (χ3n) is 3.72. The second-order valence-electron chi connectivity index (χ2n) is 5.38. The third kappa shape index (κ3) is 3.11. The Bertz CT molecular complexity index is 799. The lowest BCUT2D eigenvalue weighted by Gasteiger charge is -2.24. The van der Waals surface area contributed by atoms with Gasteiger partial charge in [0.25, 0.3) is 5.69 Å². The van der Waals surface area contributed by atoms with Crippen LogP contribution in [-0.4, -0.2) is 17.3 Å². The van der Waals surface area contributed by atoms with Crippen LogP contribution < -0.4 is 16.2 Å². The molecule has 0 bridgehead atoms. The standard InChI is InChI=1S/C17H17N5O2/c1-12-16(17(18)21(20-12)14-5-3-2-4-6-14)19-11-13-7-9-15(10-8-13)22(23)24/h2-11,17,20H,18H2,1H3/t17-/m0/s1. The molecule has 0 saturated heterocycles. The minimum Gasteiger partial charge on any atom is -0.305 e. The van der Waals surface area contributed by atoms with Crippen LogP contribution in [0.3, 0.4) is 0 Å². The van der Waals surface area contributed by atoms with Gasteiger partial charge in [0.2, 0.25) is 0 Å². The summed E-state index contributed by atoms with van der Waals surface area (Å²) in [5.74, 6) is 0. The molecule has 122 valence electrons. The second kappa shape index (κ2) is 6.51. The number of nitrogens with zero attached hydrogens (tertiary/aromatic N) is 3. The number of rotatable bonds is 4. The van der Waals surface area contributed by atoms with Crippen LogP contribution in [-0.2, 0) is 0 Å². The van der Waals surface area contributed by atoms with Crippen LogP contribution in [0, 0.1) is 10.1 Å². The van der Waals surface area contributed by atoms with Crippen molar-refractivity contribution in [3.63, 3.8) is 0 Å².